The van der Waals surface area contributed by atoms with Gasteiger partial charge in [0.05, 0.1) is 5.75 Å². The maximum absolute atomic E-state index is 11.2. The second-order valence-corrected chi connectivity index (χ2v) is 6.23. The predicted molar refractivity (Wildman–Crippen MR) is 62.3 cm³/mol. The van der Waals surface area contributed by atoms with Crippen LogP contribution in [0.25, 0.3) is 0 Å². The molecule has 0 saturated heterocycles. The zero-order valence-corrected chi connectivity index (χ0v) is 10.4. The van der Waals surface area contributed by atoms with Crippen LogP contribution in [-0.4, -0.2) is 33.8 Å². The van der Waals surface area contributed by atoms with Gasteiger partial charge in [-0.05, 0) is 25.8 Å². The molecular weight excluding hydrogens is 212 g/mol. The van der Waals surface area contributed by atoms with E-state index in [1.165, 1.54) is 32.7 Å². The highest BCUT2D eigenvalue weighted by Crippen LogP contribution is 2.27. The smallest absolute Gasteiger partial charge is 0.212 e. The molecule has 0 radical (unpaired) electrons. The van der Waals surface area contributed by atoms with Gasteiger partial charge in [-0.15, -0.1) is 0 Å². The summed E-state index contributed by atoms with van der Waals surface area (Å²) in [6.45, 7) is 2.76. The summed E-state index contributed by atoms with van der Waals surface area (Å²) in [7, 11) is -1.59. The molecule has 1 aliphatic carbocycles. The van der Waals surface area contributed by atoms with Crippen molar-refractivity contribution >= 4 is 10.0 Å². The van der Waals surface area contributed by atoms with E-state index in [-0.39, 0.29) is 5.75 Å². The number of sulfonamides is 1. The summed E-state index contributed by atoms with van der Waals surface area (Å²) in [5.41, 5.74) is 0. The average molecular weight is 234 g/mol. The highest BCUT2D eigenvalue weighted by Gasteiger charge is 2.25. The first-order chi connectivity index (χ1) is 7.09. The lowest BCUT2D eigenvalue weighted by molar-refractivity contribution is 0.398. The molecule has 0 heterocycles. The Bertz CT molecular complexity index is 277. The number of hydrogen-bond donors (Lipinski definition) is 2. The van der Waals surface area contributed by atoms with Gasteiger partial charge in [0.1, 0.15) is 0 Å². The first kappa shape index (κ1) is 12.9. The minimum Gasteiger partial charge on any atom is -0.313 e. The van der Waals surface area contributed by atoms with Crippen LogP contribution in [0.3, 0.4) is 0 Å². The lowest BCUT2D eigenvalue weighted by Crippen LogP contribution is -2.37. The molecule has 5 heteroatoms. The van der Waals surface area contributed by atoms with Gasteiger partial charge in [-0.2, -0.15) is 0 Å². The van der Waals surface area contributed by atoms with Gasteiger partial charge in [0.25, 0.3) is 0 Å². The third kappa shape index (κ3) is 4.09. The predicted octanol–water partition coefficient (Wildman–Crippen LogP) is 0.704. The summed E-state index contributed by atoms with van der Waals surface area (Å²) in [4.78, 5) is 0. The summed E-state index contributed by atoms with van der Waals surface area (Å²) >= 11 is 0. The summed E-state index contributed by atoms with van der Waals surface area (Å²) < 4.78 is 24.7. The molecule has 1 saturated carbocycles. The molecule has 2 atom stereocenters. The fraction of sp³-hybridized carbons (Fsp3) is 1.00. The molecule has 1 aliphatic rings. The molecule has 0 spiro atoms. The molecule has 15 heavy (non-hydrogen) atoms. The van der Waals surface area contributed by atoms with Crippen LogP contribution >= 0.6 is 0 Å². The van der Waals surface area contributed by atoms with Crippen LogP contribution in [-0.2, 0) is 10.0 Å². The van der Waals surface area contributed by atoms with Crippen LogP contribution in [0, 0.1) is 5.92 Å². The van der Waals surface area contributed by atoms with Crippen molar-refractivity contribution in [3.05, 3.63) is 0 Å². The number of nitrogens with one attached hydrogen (secondary N) is 2. The summed E-state index contributed by atoms with van der Waals surface area (Å²) in [6, 6.07) is 0.530. The highest BCUT2D eigenvalue weighted by atomic mass is 32.2. The second kappa shape index (κ2) is 5.82. The summed E-state index contributed by atoms with van der Waals surface area (Å²) in [5, 5.41) is 3.35. The van der Waals surface area contributed by atoms with Gasteiger partial charge in [0.15, 0.2) is 0 Å². The van der Waals surface area contributed by atoms with Crippen LogP contribution in [0.4, 0.5) is 0 Å². The van der Waals surface area contributed by atoms with Crippen molar-refractivity contribution in [1.29, 1.82) is 0 Å². The van der Waals surface area contributed by atoms with Crippen molar-refractivity contribution < 1.29 is 8.42 Å². The third-order valence-electron chi connectivity index (χ3n) is 3.27. The number of rotatable bonds is 6. The molecule has 1 fully saturated rings. The largest absolute Gasteiger partial charge is 0.313 e. The Morgan fingerprint density at radius 1 is 1.33 bits per heavy atom. The van der Waals surface area contributed by atoms with Gasteiger partial charge in [-0.1, -0.05) is 19.8 Å². The minimum atomic E-state index is -3.05. The van der Waals surface area contributed by atoms with Gasteiger partial charge in [-0.3, -0.25) is 0 Å². The molecule has 0 aromatic carbocycles. The highest BCUT2D eigenvalue weighted by molar-refractivity contribution is 7.89. The van der Waals surface area contributed by atoms with E-state index >= 15 is 0 Å². The average Bonchev–Trinajstić information content (AvgIpc) is 2.65. The Kier molecular flexibility index (Phi) is 5.02. The lowest BCUT2D eigenvalue weighted by Gasteiger charge is -2.19. The Balaban J connectivity index is 2.25. The Labute approximate surface area is 92.9 Å². The molecule has 0 amide bonds. The summed E-state index contributed by atoms with van der Waals surface area (Å²) in [6.07, 6.45) is 4.94. The standard InChI is InChI=1S/C10H22N2O2S/c1-3-9-5-4-6-10(9)12-7-8-15(13,14)11-2/h9-12H,3-8H2,1-2H3. The van der Waals surface area contributed by atoms with Gasteiger partial charge >= 0.3 is 0 Å². The van der Waals surface area contributed by atoms with Gasteiger partial charge < -0.3 is 5.32 Å². The Hall–Kier alpha value is -0.130. The topological polar surface area (TPSA) is 58.2 Å². The molecule has 2 N–H and O–H groups in total. The van der Waals surface area contributed by atoms with E-state index in [4.69, 9.17) is 0 Å². The zero-order chi connectivity index (χ0) is 11.3. The minimum absolute atomic E-state index is 0.177. The first-order valence-electron chi connectivity index (χ1n) is 5.73. The molecule has 0 aliphatic heterocycles. The quantitative estimate of drug-likeness (QED) is 0.711. The van der Waals surface area contributed by atoms with Crippen LogP contribution in [0.5, 0.6) is 0 Å². The van der Waals surface area contributed by atoms with E-state index in [1.54, 1.807) is 0 Å². The van der Waals surface area contributed by atoms with Crippen molar-refractivity contribution in [3.8, 4) is 0 Å². The van der Waals surface area contributed by atoms with Crippen LogP contribution in [0.15, 0.2) is 0 Å². The van der Waals surface area contributed by atoms with Crippen molar-refractivity contribution in [2.24, 2.45) is 5.92 Å². The van der Waals surface area contributed by atoms with Crippen LogP contribution < -0.4 is 10.0 Å². The lowest BCUT2D eigenvalue weighted by atomic mass is 10.0. The van der Waals surface area contributed by atoms with Crippen LogP contribution in [0.1, 0.15) is 32.6 Å². The van der Waals surface area contributed by atoms with Gasteiger partial charge in [-0.25, -0.2) is 13.1 Å². The Morgan fingerprint density at radius 3 is 2.67 bits per heavy atom. The summed E-state index contributed by atoms with van der Waals surface area (Å²) in [5.74, 6) is 0.915. The molecule has 4 nitrogen and oxygen atoms in total. The molecule has 90 valence electrons. The number of hydrogen-bond acceptors (Lipinski definition) is 3. The van der Waals surface area contributed by atoms with Crippen molar-refractivity contribution in [3.63, 3.8) is 0 Å². The molecule has 2 unspecified atom stereocenters. The van der Waals surface area contributed by atoms with E-state index in [1.807, 2.05) is 0 Å². The zero-order valence-electron chi connectivity index (χ0n) is 9.62. The fourth-order valence-electron chi connectivity index (χ4n) is 2.27. The normalized spacial score (nSPS) is 27.1. The van der Waals surface area contributed by atoms with E-state index in [0.29, 0.717) is 12.6 Å². The molecule has 0 aromatic rings. The van der Waals surface area contributed by atoms with E-state index in [0.717, 1.165) is 5.92 Å². The molecule has 0 bridgehead atoms. The fourth-order valence-corrected chi connectivity index (χ4v) is 2.87. The molecule has 0 aromatic heterocycles. The van der Waals surface area contributed by atoms with E-state index in [9.17, 15) is 8.42 Å². The molecule has 1 rings (SSSR count). The maximum atomic E-state index is 11.2. The van der Waals surface area contributed by atoms with Crippen molar-refractivity contribution in [2.75, 3.05) is 19.3 Å². The van der Waals surface area contributed by atoms with E-state index < -0.39 is 10.0 Å². The van der Waals surface area contributed by atoms with Gasteiger partial charge in [0, 0.05) is 12.6 Å². The van der Waals surface area contributed by atoms with E-state index in [2.05, 4.69) is 17.0 Å². The first-order valence-corrected chi connectivity index (χ1v) is 7.39. The Morgan fingerprint density at radius 2 is 2.07 bits per heavy atom. The monoisotopic (exact) mass is 234 g/mol. The van der Waals surface area contributed by atoms with Crippen molar-refractivity contribution in [1.82, 2.24) is 10.0 Å². The maximum Gasteiger partial charge on any atom is 0.212 e. The van der Waals surface area contributed by atoms with Gasteiger partial charge in [0.2, 0.25) is 10.0 Å². The third-order valence-corrected chi connectivity index (χ3v) is 4.64. The molecular formula is C10H22N2O2S. The van der Waals surface area contributed by atoms with Crippen molar-refractivity contribution in [2.45, 2.75) is 38.6 Å². The SMILES string of the molecule is CCC1CCCC1NCCS(=O)(=O)NC. The second-order valence-electron chi connectivity index (χ2n) is 4.18. The van der Waals surface area contributed by atoms with Crippen LogP contribution in [0.2, 0.25) is 0 Å².